The molecular formula is C12H17B2O2. The minimum Gasteiger partial charge on any atom is -0.508 e. The molecule has 2 rings (SSSR count). The number of rotatable bonds is 1. The van der Waals surface area contributed by atoms with E-state index >= 15 is 0 Å². The molecule has 1 aromatic rings. The van der Waals surface area contributed by atoms with Gasteiger partial charge in [0.05, 0.1) is 0 Å². The molecular weight excluding hydrogens is 198 g/mol. The van der Waals surface area contributed by atoms with Crippen molar-refractivity contribution < 1.29 is 9.76 Å². The molecule has 1 N–H and O–H groups in total. The van der Waals surface area contributed by atoms with E-state index in [2.05, 4.69) is 34.9 Å². The molecule has 1 radical (unpaired) electrons. The van der Waals surface area contributed by atoms with E-state index in [9.17, 15) is 5.11 Å². The maximum atomic E-state index is 9.25. The summed E-state index contributed by atoms with van der Waals surface area (Å²) in [6.07, 6.45) is 0. The molecule has 0 atom stereocenters. The third-order valence-corrected chi connectivity index (χ3v) is 3.76. The molecule has 0 aliphatic carbocycles. The maximum Gasteiger partial charge on any atom is 0.280 e. The number of aromatic hydroxyl groups is 1. The lowest BCUT2D eigenvalue weighted by Gasteiger charge is -2.34. The van der Waals surface area contributed by atoms with Gasteiger partial charge in [-0.3, -0.25) is 0 Å². The first-order valence-electron chi connectivity index (χ1n) is 5.65. The Balaban J connectivity index is 2.23. The molecule has 1 fully saturated rings. The first-order chi connectivity index (χ1) is 7.32. The van der Waals surface area contributed by atoms with Gasteiger partial charge < -0.3 is 9.76 Å². The fourth-order valence-corrected chi connectivity index (χ4v) is 1.91. The fraction of sp³-hybridized carbons (Fsp3) is 0.500. The topological polar surface area (TPSA) is 29.5 Å². The third kappa shape index (κ3) is 1.86. The van der Waals surface area contributed by atoms with Crippen molar-refractivity contribution in [1.82, 2.24) is 0 Å². The Bertz CT molecular complexity index is 369. The van der Waals surface area contributed by atoms with E-state index in [1.807, 2.05) is 12.1 Å². The average molecular weight is 215 g/mol. The van der Waals surface area contributed by atoms with Gasteiger partial charge in [0.1, 0.15) is 12.9 Å². The summed E-state index contributed by atoms with van der Waals surface area (Å²) in [7, 11) is 2.24. The van der Waals surface area contributed by atoms with Crippen LogP contribution in [-0.4, -0.2) is 24.7 Å². The summed E-state index contributed by atoms with van der Waals surface area (Å²) < 4.78 is 6.05. The molecule has 0 aromatic heterocycles. The van der Waals surface area contributed by atoms with Crippen LogP contribution in [0.3, 0.4) is 0 Å². The lowest BCUT2D eigenvalue weighted by molar-refractivity contribution is 0.0881. The van der Waals surface area contributed by atoms with Gasteiger partial charge in [-0.05, 0) is 31.3 Å². The van der Waals surface area contributed by atoms with E-state index in [-0.39, 0.29) is 17.7 Å². The molecule has 2 nitrogen and oxygen atoms in total. The van der Waals surface area contributed by atoms with Crippen LogP contribution in [0.1, 0.15) is 27.7 Å². The summed E-state index contributed by atoms with van der Waals surface area (Å²) in [5.74, 6) is 0.292. The Kier molecular flexibility index (Phi) is 2.58. The predicted octanol–water partition coefficient (Wildman–Crippen LogP) is 1.80. The van der Waals surface area contributed by atoms with Crippen LogP contribution in [0.2, 0.25) is 5.31 Å². The second-order valence-electron chi connectivity index (χ2n) is 5.53. The molecule has 16 heavy (non-hydrogen) atoms. The van der Waals surface area contributed by atoms with Crippen LogP contribution in [0.5, 0.6) is 5.75 Å². The third-order valence-electron chi connectivity index (χ3n) is 3.76. The summed E-state index contributed by atoms with van der Waals surface area (Å²) in [5, 5.41) is 9.30. The van der Waals surface area contributed by atoms with E-state index < -0.39 is 0 Å². The zero-order valence-corrected chi connectivity index (χ0v) is 10.3. The van der Waals surface area contributed by atoms with Crippen LogP contribution >= 0.6 is 0 Å². The summed E-state index contributed by atoms with van der Waals surface area (Å²) in [5.41, 5.74) is 0.937. The number of phenolic OH excluding ortho intramolecular Hbond substituents is 1. The Morgan fingerprint density at radius 2 is 1.69 bits per heavy atom. The maximum absolute atomic E-state index is 9.25. The zero-order chi connectivity index (χ0) is 12.0. The highest BCUT2D eigenvalue weighted by Gasteiger charge is 2.50. The highest BCUT2D eigenvalue weighted by atomic mass is 16.5. The van der Waals surface area contributed by atoms with Gasteiger partial charge in [0.15, 0.2) is 0 Å². The van der Waals surface area contributed by atoms with Gasteiger partial charge in [-0.15, -0.1) is 0 Å². The van der Waals surface area contributed by atoms with E-state index in [4.69, 9.17) is 4.65 Å². The van der Waals surface area contributed by atoms with Crippen molar-refractivity contribution in [1.29, 1.82) is 0 Å². The molecule has 0 unspecified atom stereocenters. The SMILES string of the molecule is CC1(C)[B]B(c2ccc(O)cc2)OC1(C)C. The van der Waals surface area contributed by atoms with Gasteiger partial charge in [0.25, 0.3) is 6.81 Å². The van der Waals surface area contributed by atoms with Crippen molar-refractivity contribution >= 4 is 19.4 Å². The van der Waals surface area contributed by atoms with Gasteiger partial charge in [-0.2, -0.15) is 0 Å². The van der Waals surface area contributed by atoms with Gasteiger partial charge in [-0.25, -0.2) is 0 Å². The molecule has 1 aliphatic heterocycles. The van der Waals surface area contributed by atoms with Crippen molar-refractivity contribution in [2.45, 2.75) is 38.6 Å². The Hall–Kier alpha value is -0.890. The first-order valence-corrected chi connectivity index (χ1v) is 5.65. The minimum atomic E-state index is -0.157. The highest BCUT2D eigenvalue weighted by molar-refractivity contribution is 7.17. The van der Waals surface area contributed by atoms with E-state index in [1.54, 1.807) is 12.1 Å². The van der Waals surface area contributed by atoms with Gasteiger partial charge >= 0.3 is 0 Å². The lowest BCUT2D eigenvalue weighted by Crippen LogP contribution is -2.36. The van der Waals surface area contributed by atoms with Crippen molar-refractivity contribution in [2.75, 3.05) is 0 Å². The fourth-order valence-electron chi connectivity index (χ4n) is 1.91. The van der Waals surface area contributed by atoms with Crippen molar-refractivity contribution in [3.63, 3.8) is 0 Å². The zero-order valence-electron chi connectivity index (χ0n) is 10.3. The molecule has 0 amide bonds. The Morgan fingerprint density at radius 3 is 2.12 bits per heavy atom. The standard InChI is InChI=1S/C12H17B2O2/c1-11(2)12(3,4)16-14(13-11)9-5-7-10(15)8-6-9/h5-8,15H,1-4H3. The van der Waals surface area contributed by atoms with Crippen LogP contribution in [-0.2, 0) is 4.65 Å². The largest absolute Gasteiger partial charge is 0.508 e. The predicted molar refractivity (Wildman–Crippen MR) is 68.5 cm³/mol. The number of hydrogen-bond acceptors (Lipinski definition) is 2. The molecule has 83 valence electrons. The quantitative estimate of drug-likeness (QED) is 0.723. The Labute approximate surface area is 98.4 Å². The smallest absolute Gasteiger partial charge is 0.280 e. The number of benzene rings is 1. The summed E-state index contributed by atoms with van der Waals surface area (Å²) in [6.45, 7) is 8.62. The molecule has 1 heterocycles. The molecule has 1 aliphatic rings. The molecule has 0 spiro atoms. The number of phenols is 1. The minimum absolute atomic E-state index is 0.0191. The van der Waals surface area contributed by atoms with Crippen LogP contribution in [0.4, 0.5) is 0 Å². The van der Waals surface area contributed by atoms with Gasteiger partial charge in [0.2, 0.25) is 0 Å². The van der Waals surface area contributed by atoms with Gasteiger partial charge in [-0.1, -0.05) is 31.4 Å². The van der Waals surface area contributed by atoms with E-state index in [0.29, 0.717) is 5.75 Å². The van der Waals surface area contributed by atoms with Crippen LogP contribution in [0.15, 0.2) is 24.3 Å². The molecule has 0 saturated carbocycles. The Morgan fingerprint density at radius 1 is 1.12 bits per heavy atom. The molecule has 0 bridgehead atoms. The van der Waals surface area contributed by atoms with Crippen LogP contribution < -0.4 is 5.46 Å². The summed E-state index contributed by atoms with van der Waals surface area (Å²) in [6, 6.07) is 7.22. The van der Waals surface area contributed by atoms with Crippen LogP contribution in [0, 0.1) is 0 Å². The second kappa shape index (κ2) is 3.56. The number of hydrogen-bond donors (Lipinski definition) is 1. The lowest BCUT2D eigenvalue weighted by atomic mass is 9.23. The average Bonchev–Trinajstić information content (AvgIpc) is 2.37. The normalized spacial score (nSPS) is 21.9. The molecule has 1 saturated heterocycles. The second-order valence-corrected chi connectivity index (χ2v) is 5.53. The van der Waals surface area contributed by atoms with Crippen molar-refractivity contribution in [2.24, 2.45) is 0 Å². The highest BCUT2D eigenvalue weighted by Crippen LogP contribution is 2.45. The van der Waals surface area contributed by atoms with Gasteiger partial charge in [0, 0.05) is 5.60 Å². The van der Waals surface area contributed by atoms with Crippen LogP contribution in [0.25, 0.3) is 0 Å². The van der Waals surface area contributed by atoms with Crippen molar-refractivity contribution in [3.05, 3.63) is 24.3 Å². The summed E-state index contributed by atoms with van der Waals surface area (Å²) in [4.78, 5) is 0. The first kappa shape index (κ1) is 11.6. The molecule has 4 heteroatoms. The van der Waals surface area contributed by atoms with E-state index in [0.717, 1.165) is 5.46 Å². The monoisotopic (exact) mass is 215 g/mol. The van der Waals surface area contributed by atoms with Crippen molar-refractivity contribution in [3.8, 4) is 5.75 Å². The van der Waals surface area contributed by atoms with E-state index in [1.165, 1.54) is 0 Å². The molecule has 1 aromatic carbocycles. The summed E-state index contributed by atoms with van der Waals surface area (Å²) >= 11 is 0.